The lowest BCUT2D eigenvalue weighted by Gasteiger charge is -2.26. The van der Waals surface area contributed by atoms with Gasteiger partial charge in [0.15, 0.2) is 0 Å². The van der Waals surface area contributed by atoms with Crippen LogP contribution in [0.15, 0.2) is 28.8 Å². The third kappa shape index (κ3) is 2.10. The highest BCUT2D eigenvalue weighted by molar-refractivity contribution is 6.30. The van der Waals surface area contributed by atoms with E-state index in [9.17, 15) is 0 Å². The first-order valence-corrected chi connectivity index (χ1v) is 7.56. The van der Waals surface area contributed by atoms with E-state index in [1.165, 1.54) is 12.8 Å². The van der Waals surface area contributed by atoms with E-state index in [0.717, 1.165) is 36.1 Å². The Bertz CT molecular complexity index is 615. The van der Waals surface area contributed by atoms with Crippen molar-refractivity contribution in [1.82, 2.24) is 5.16 Å². The molecule has 1 aliphatic carbocycles. The molecule has 1 heterocycles. The molecule has 106 valence electrons. The van der Waals surface area contributed by atoms with Crippen LogP contribution >= 0.6 is 11.6 Å². The highest BCUT2D eigenvalue weighted by Gasteiger charge is 2.39. The lowest BCUT2D eigenvalue weighted by Crippen LogP contribution is -2.22. The average molecular weight is 291 g/mol. The highest BCUT2D eigenvalue weighted by Crippen LogP contribution is 2.48. The van der Waals surface area contributed by atoms with Gasteiger partial charge in [-0.25, -0.2) is 0 Å². The molecule has 2 N–H and O–H groups in total. The van der Waals surface area contributed by atoms with Crippen molar-refractivity contribution in [2.75, 3.05) is 5.73 Å². The van der Waals surface area contributed by atoms with E-state index < -0.39 is 0 Å². The van der Waals surface area contributed by atoms with Crippen LogP contribution in [0, 0.1) is 0 Å². The summed E-state index contributed by atoms with van der Waals surface area (Å²) in [5.74, 6) is 0.391. The van der Waals surface area contributed by atoms with Gasteiger partial charge in [0.05, 0.1) is 11.3 Å². The van der Waals surface area contributed by atoms with Gasteiger partial charge in [-0.1, -0.05) is 48.7 Å². The number of hydrogen-bond donors (Lipinski definition) is 1. The van der Waals surface area contributed by atoms with Gasteiger partial charge in [0.1, 0.15) is 0 Å². The molecule has 0 aliphatic heterocycles. The summed E-state index contributed by atoms with van der Waals surface area (Å²) in [6.07, 6.45) is 5.86. The molecule has 0 bridgehead atoms. The molecule has 2 aromatic rings. The molecule has 1 aromatic carbocycles. The van der Waals surface area contributed by atoms with Crippen molar-refractivity contribution in [3.05, 3.63) is 35.0 Å². The molecule has 20 heavy (non-hydrogen) atoms. The van der Waals surface area contributed by atoms with Crippen LogP contribution < -0.4 is 5.73 Å². The number of hydrogen-bond acceptors (Lipinski definition) is 3. The van der Waals surface area contributed by atoms with Crippen molar-refractivity contribution in [2.24, 2.45) is 0 Å². The predicted octanol–water partition coefficient (Wildman–Crippen LogP) is 4.80. The molecule has 1 aliphatic rings. The zero-order chi connectivity index (χ0) is 14.2. The Hall–Kier alpha value is -1.48. The normalized spacial score (nSPS) is 17.5. The molecule has 0 radical (unpaired) electrons. The van der Waals surface area contributed by atoms with Crippen LogP contribution in [-0.2, 0) is 5.41 Å². The number of nitrogens with two attached hydrogens (primary N) is 1. The van der Waals surface area contributed by atoms with Crippen LogP contribution in [-0.4, -0.2) is 5.16 Å². The van der Waals surface area contributed by atoms with Crippen LogP contribution in [0.4, 0.5) is 5.88 Å². The van der Waals surface area contributed by atoms with Gasteiger partial charge in [-0.15, -0.1) is 0 Å². The van der Waals surface area contributed by atoms with Gasteiger partial charge >= 0.3 is 0 Å². The Morgan fingerprint density at radius 3 is 2.75 bits per heavy atom. The van der Waals surface area contributed by atoms with Gasteiger partial charge in [0.2, 0.25) is 5.88 Å². The summed E-state index contributed by atoms with van der Waals surface area (Å²) in [5.41, 5.74) is 9.07. The molecule has 0 unspecified atom stereocenters. The van der Waals surface area contributed by atoms with E-state index in [1.807, 2.05) is 24.3 Å². The van der Waals surface area contributed by atoms with Crippen LogP contribution in [0.25, 0.3) is 11.1 Å². The van der Waals surface area contributed by atoms with E-state index in [1.54, 1.807) is 0 Å². The third-order valence-corrected chi connectivity index (χ3v) is 4.81. The molecular weight excluding hydrogens is 272 g/mol. The minimum absolute atomic E-state index is 0.110. The Labute approximate surface area is 124 Å². The van der Waals surface area contributed by atoms with Crippen LogP contribution in [0.3, 0.4) is 0 Å². The van der Waals surface area contributed by atoms with Gasteiger partial charge in [-0.2, -0.15) is 0 Å². The smallest absolute Gasteiger partial charge is 0.230 e. The second-order valence-corrected chi connectivity index (χ2v) is 6.06. The van der Waals surface area contributed by atoms with Gasteiger partial charge in [-0.05, 0) is 37.0 Å². The summed E-state index contributed by atoms with van der Waals surface area (Å²) in [7, 11) is 0. The number of nitrogen functional groups attached to an aromatic ring is 1. The fraction of sp³-hybridized carbons (Fsp3) is 0.438. The Morgan fingerprint density at radius 1 is 1.35 bits per heavy atom. The molecule has 3 rings (SSSR count). The van der Waals surface area contributed by atoms with Gasteiger partial charge in [0.25, 0.3) is 0 Å². The maximum atomic E-state index is 6.10. The maximum Gasteiger partial charge on any atom is 0.230 e. The Balaban J connectivity index is 2.15. The monoisotopic (exact) mass is 290 g/mol. The second-order valence-electron chi connectivity index (χ2n) is 5.62. The van der Waals surface area contributed by atoms with Crippen molar-refractivity contribution >= 4 is 17.5 Å². The fourth-order valence-corrected chi connectivity index (χ4v) is 3.59. The lowest BCUT2D eigenvalue weighted by molar-refractivity contribution is 0.361. The first-order valence-electron chi connectivity index (χ1n) is 7.18. The number of halogens is 1. The van der Waals surface area contributed by atoms with E-state index >= 15 is 0 Å². The first kappa shape index (κ1) is 13.5. The molecule has 1 fully saturated rings. The van der Waals surface area contributed by atoms with E-state index in [0.29, 0.717) is 10.9 Å². The standard InChI is InChI=1S/C16H19ClN2O/c1-2-16(8-3-4-9-16)14-13(15(18)20-19-14)11-6-5-7-12(17)10-11/h5-7,10H,2-4,8-9,18H2,1H3. The quantitative estimate of drug-likeness (QED) is 0.883. The summed E-state index contributed by atoms with van der Waals surface area (Å²) in [6, 6.07) is 7.73. The predicted molar refractivity (Wildman–Crippen MR) is 81.8 cm³/mol. The van der Waals surface area contributed by atoms with Crippen molar-refractivity contribution in [3.63, 3.8) is 0 Å². The molecule has 4 heteroatoms. The van der Waals surface area contributed by atoms with E-state index in [2.05, 4.69) is 12.1 Å². The van der Waals surface area contributed by atoms with Crippen molar-refractivity contribution in [2.45, 2.75) is 44.4 Å². The molecule has 0 spiro atoms. The zero-order valence-electron chi connectivity index (χ0n) is 11.7. The molecule has 0 saturated heterocycles. The van der Waals surface area contributed by atoms with Gasteiger partial charge < -0.3 is 10.3 Å². The number of aromatic nitrogens is 1. The molecule has 0 atom stereocenters. The summed E-state index contributed by atoms with van der Waals surface area (Å²) in [5, 5.41) is 5.00. The van der Waals surface area contributed by atoms with Crippen LogP contribution in [0.5, 0.6) is 0 Å². The minimum Gasteiger partial charge on any atom is -0.367 e. The summed E-state index contributed by atoms with van der Waals surface area (Å²) < 4.78 is 5.31. The summed E-state index contributed by atoms with van der Waals surface area (Å²) in [6.45, 7) is 2.22. The van der Waals surface area contributed by atoms with Crippen molar-refractivity contribution in [3.8, 4) is 11.1 Å². The summed E-state index contributed by atoms with van der Waals surface area (Å²) >= 11 is 6.10. The molecule has 1 aromatic heterocycles. The highest BCUT2D eigenvalue weighted by atomic mass is 35.5. The van der Waals surface area contributed by atoms with Gasteiger partial charge in [0, 0.05) is 10.4 Å². The van der Waals surface area contributed by atoms with Gasteiger partial charge in [-0.3, -0.25) is 0 Å². The topological polar surface area (TPSA) is 52.0 Å². The molecular formula is C16H19ClN2O. The Morgan fingerprint density at radius 2 is 2.10 bits per heavy atom. The largest absolute Gasteiger partial charge is 0.367 e. The summed E-state index contributed by atoms with van der Waals surface area (Å²) in [4.78, 5) is 0. The molecule has 1 saturated carbocycles. The number of benzene rings is 1. The SMILES string of the molecule is CCC1(c2noc(N)c2-c2cccc(Cl)c2)CCCC1. The van der Waals surface area contributed by atoms with Crippen molar-refractivity contribution < 1.29 is 4.52 Å². The average Bonchev–Trinajstić information content (AvgIpc) is 3.06. The van der Waals surface area contributed by atoms with Crippen LogP contribution in [0.2, 0.25) is 5.02 Å². The van der Waals surface area contributed by atoms with Crippen molar-refractivity contribution in [1.29, 1.82) is 0 Å². The number of anilines is 1. The van der Waals surface area contributed by atoms with E-state index in [-0.39, 0.29) is 5.41 Å². The van der Waals surface area contributed by atoms with Crippen LogP contribution in [0.1, 0.15) is 44.7 Å². The number of rotatable bonds is 3. The third-order valence-electron chi connectivity index (χ3n) is 4.57. The zero-order valence-corrected chi connectivity index (χ0v) is 12.4. The maximum absolute atomic E-state index is 6.10. The molecule has 0 amide bonds. The second kappa shape index (κ2) is 5.13. The lowest BCUT2D eigenvalue weighted by atomic mass is 9.77. The fourth-order valence-electron chi connectivity index (χ4n) is 3.40. The van der Waals surface area contributed by atoms with E-state index in [4.69, 9.17) is 21.9 Å². The number of nitrogens with zero attached hydrogens (tertiary/aromatic N) is 1. The molecule has 3 nitrogen and oxygen atoms in total. The minimum atomic E-state index is 0.110. The first-order chi connectivity index (χ1) is 9.66. The Kier molecular flexibility index (Phi) is 3.47.